The number of hydrogen-bond donors (Lipinski definition) is 2. The zero-order valence-electron chi connectivity index (χ0n) is 26.4. The van der Waals surface area contributed by atoms with Crippen LogP contribution in [0.15, 0.2) is 0 Å². The van der Waals surface area contributed by atoms with Gasteiger partial charge in [0.1, 0.15) is 6.10 Å². The largest absolute Gasteiger partial charge is 0.481 e. The maximum atomic E-state index is 13.1. The number of aliphatic hydroxyl groups is 1. The summed E-state index contributed by atoms with van der Waals surface area (Å²) >= 11 is 0. The molecule has 8 heteroatoms. The molecule has 2 aliphatic heterocycles. The predicted molar refractivity (Wildman–Crippen MR) is 156 cm³/mol. The number of aliphatic carboxylic acids is 1. The van der Waals surface area contributed by atoms with Crippen LogP contribution in [0.5, 0.6) is 0 Å². The zero-order chi connectivity index (χ0) is 29.9. The van der Waals surface area contributed by atoms with E-state index in [1.54, 1.807) is 4.90 Å². The molecular weight excluding hydrogens is 534 g/mol. The second-order valence-electron chi connectivity index (χ2n) is 16.5. The van der Waals surface area contributed by atoms with E-state index in [9.17, 15) is 19.8 Å². The molecule has 5 saturated carbocycles. The van der Waals surface area contributed by atoms with Gasteiger partial charge in [0, 0.05) is 30.3 Å². The molecule has 7 rings (SSSR count). The van der Waals surface area contributed by atoms with Crippen LogP contribution in [0.1, 0.15) is 98.8 Å². The number of rotatable bonds is 4. The van der Waals surface area contributed by atoms with Gasteiger partial charge in [-0.15, -0.1) is 0 Å². The fourth-order valence-corrected chi connectivity index (χ4v) is 13.0. The Morgan fingerprint density at radius 3 is 2.38 bits per heavy atom. The van der Waals surface area contributed by atoms with Crippen LogP contribution < -0.4 is 0 Å². The Morgan fingerprint density at radius 1 is 0.976 bits per heavy atom. The molecule has 0 bridgehead atoms. The molecule has 2 N–H and O–H groups in total. The van der Waals surface area contributed by atoms with E-state index in [2.05, 4.69) is 34.6 Å². The number of carbonyl (C=O) groups excluding carboxylic acids is 1. The van der Waals surface area contributed by atoms with Gasteiger partial charge in [0.25, 0.3) is 0 Å². The second-order valence-corrected chi connectivity index (χ2v) is 16.5. The number of hydrogen-bond acceptors (Lipinski definition) is 6. The normalized spacial score (nSPS) is 52.2. The average molecular weight is 588 g/mol. The summed E-state index contributed by atoms with van der Waals surface area (Å²) in [6.45, 7) is 14.2. The van der Waals surface area contributed by atoms with E-state index in [4.69, 9.17) is 14.2 Å². The van der Waals surface area contributed by atoms with Gasteiger partial charge < -0.3 is 29.3 Å². The highest BCUT2D eigenvalue weighted by Gasteiger charge is 2.84. The first-order valence-electron chi connectivity index (χ1n) is 16.9. The van der Waals surface area contributed by atoms with Crippen molar-refractivity contribution in [1.29, 1.82) is 0 Å². The van der Waals surface area contributed by atoms with E-state index in [-0.39, 0.29) is 57.9 Å². The minimum Gasteiger partial charge on any atom is -0.481 e. The average Bonchev–Trinajstić information content (AvgIpc) is 3.58. The Kier molecular flexibility index (Phi) is 6.68. The van der Waals surface area contributed by atoms with Gasteiger partial charge in [-0.1, -0.05) is 34.6 Å². The Morgan fingerprint density at radius 2 is 1.67 bits per heavy atom. The van der Waals surface area contributed by atoms with Crippen molar-refractivity contribution >= 4 is 12.1 Å². The van der Waals surface area contributed by atoms with Crippen molar-refractivity contribution in [2.75, 3.05) is 26.3 Å². The molecule has 1 amide bonds. The minimum atomic E-state index is -0.779. The van der Waals surface area contributed by atoms with Gasteiger partial charge in [0.15, 0.2) is 0 Å². The number of nitrogens with zero attached hydrogens (tertiary/aromatic N) is 1. The summed E-state index contributed by atoms with van der Waals surface area (Å²) < 4.78 is 18.4. The van der Waals surface area contributed by atoms with Crippen LogP contribution in [-0.4, -0.2) is 77.9 Å². The van der Waals surface area contributed by atoms with E-state index in [1.807, 2.05) is 0 Å². The molecule has 7 aliphatic rings. The molecule has 5 aliphatic carbocycles. The monoisotopic (exact) mass is 587 g/mol. The second kappa shape index (κ2) is 9.56. The van der Waals surface area contributed by atoms with Crippen LogP contribution >= 0.6 is 0 Å². The van der Waals surface area contributed by atoms with Crippen molar-refractivity contribution in [2.45, 2.75) is 123 Å². The van der Waals surface area contributed by atoms with Crippen LogP contribution in [0.2, 0.25) is 0 Å². The van der Waals surface area contributed by atoms with E-state index < -0.39 is 12.1 Å². The topological polar surface area (TPSA) is 106 Å². The quantitative estimate of drug-likeness (QED) is 0.447. The maximum Gasteiger partial charge on any atom is 0.410 e. The summed E-state index contributed by atoms with van der Waals surface area (Å²) in [6.07, 6.45) is 8.29. The predicted octanol–water partition coefficient (Wildman–Crippen LogP) is 5.50. The van der Waals surface area contributed by atoms with Crippen LogP contribution in [0, 0.1) is 50.7 Å². The van der Waals surface area contributed by atoms with Crippen LogP contribution in [0.25, 0.3) is 0 Å². The van der Waals surface area contributed by atoms with Crippen LogP contribution in [0.3, 0.4) is 0 Å². The molecule has 42 heavy (non-hydrogen) atoms. The Balaban J connectivity index is 1.13. The first kappa shape index (κ1) is 29.3. The van der Waals surface area contributed by atoms with Crippen molar-refractivity contribution in [3.63, 3.8) is 0 Å². The third kappa shape index (κ3) is 3.70. The Hall–Kier alpha value is -1.38. The number of carboxylic acid groups (broad SMARTS) is 1. The summed E-state index contributed by atoms with van der Waals surface area (Å²) in [7, 11) is 0. The molecule has 2 saturated heterocycles. The summed E-state index contributed by atoms with van der Waals surface area (Å²) in [5, 5.41) is 21.6. The molecule has 0 aromatic heterocycles. The summed E-state index contributed by atoms with van der Waals surface area (Å²) in [5.74, 6) is 0.895. The van der Waals surface area contributed by atoms with Crippen LogP contribution in [0.4, 0.5) is 4.79 Å². The third-order valence-electron chi connectivity index (χ3n) is 15.0. The number of morpholine rings is 1. The highest BCUT2D eigenvalue weighted by Crippen LogP contribution is 2.89. The molecule has 2 spiro atoms. The van der Waals surface area contributed by atoms with E-state index in [0.717, 1.165) is 38.5 Å². The standard InChI is InChI=1S/C34H53NO7/c1-20-18-21(6-9-25(36)37)41-27-26(20)31(4)12-13-34-19-33(34)11-10-24(42-29(39)35-14-16-40-17-15-35)30(2,3)22(33)7-8-23(34)32(31,5)28(27)38/h20-24,26-28,38H,6-19H2,1-5H3,(H,36,37)/t20-,21?,22+,23+,24+,26?,27?,28+,31-,32-,33?,34+/m1/s1. The first-order valence-corrected chi connectivity index (χ1v) is 16.9. The lowest BCUT2D eigenvalue weighted by molar-refractivity contribution is -0.183. The van der Waals surface area contributed by atoms with Gasteiger partial charge >= 0.3 is 12.1 Å². The van der Waals surface area contributed by atoms with Crippen molar-refractivity contribution in [3.8, 4) is 0 Å². The van der Waals surface area contributed by atoms with Gasteiger partial charge in [0.05, 0.1) is 31.5 Å². The van der Waals surface area contributed by atoms with Crippen molar-refractivity contribution < 1.29 is 34.0 Å². The van der Waals surface area contributed by atoms with Gasteiger partial charge in [-0.2, -0.15) is 0 Å². The van der Waals surface area contributed by atoms with E-state index in [1.165, 1.54) is 12.8 Å². The van der Waals surface area contributed by atoms with Gasteiger partial charge in [-0.3, -0.25) is 4.79 Å². The Labute approximate surface area is 251 Å². The Bertz CT molecular complexity index is 1120. The molecule has 0 radical (unpaired) electrons. The molecule has 0 aromatic rings. The fraction of sp³-hybridized carbons (Fsp3) is 0.941. The fourth-order valence-electron chi connectivity index (χ4n) is 13.0. The lowest BCUT2D eigenvalue weighted by Gasteiger charge is -2.63. The van der Waals surface area contributed by atoms with E-state index >= 15 is 0 Å². The van der Waals surface area contributed by atoms with Crippen molar-refractivity contribution in [2.24, 2.45) is 50.7 Å². The highest BCUT2D eigenvalue weighted by molar-refractivity contribution is 5.68. The maximum absolute atomic E-state index is 13.1. The van der Waals surface area contributed by atoms with Crippen molar-refractivity contribution in [3.05, 3.63) is 0 Å². The molecule has 8 nitrogen and oxygen atoms in total. The number of aliphatic hydroxyl groups excluding tert-OH is 1. The lowest BCUT2D eigenvalue weighted by atomic mass is 9.41. The smallest absolute Gasteiger partial charge is 0.410 e. The number of carboxylic acids is 1. The molecule has 4 unspecified atom stereocenters. The highest BCUT2D eigenvalue weighted by atomic mass is 16.6. The van der Waals surface area contributed by atoms with Crippen molar-refractivity contribution in [1.82, 2.24) is 4.90 Å². The van der Waals surface area contributed by atoms with Crippen LogP contribution in [-0.2, 0) is 19.0 Å². The first-order chi connectivity index (χ1) is 19.8. The lowest BCUT2D eigenvalue weighted by Crippen LogP contribution is -2.60. The zero-order valence-corrected chi connectivity index (χ0v) is 26.4. The van der Waals surface area contributed by atoms with Gasteiger partial charge in [-0.05, 0) is 97.7 Å². The number of carbonyl (C=O) groups is 2. The number of amides is 1. The molecular formula is C34H53NO7. The SMILES string of the molecule is C[C@@H]1CC(CCC(=O)O)OC2C1[C@@]1(C)CC[C@@]34CC35CC[C@H](OC(=O)N3CCOCC3)C(C)(C)[C@@H]5CC[C@H]4[C@]1(C)[C@H]2O. The number of fused-ring (bicyclic) bond motifs is 4. The minimum absolute atomic E-state index is 0.00120. The molecule has 2 heterocycles. The molecule has 7 fully saturated rings. The molecule has 236 valence electrons. The summed E-state index contributed by atoms with van der Waals surface area (Å²) in [4.78, 5) is 26.2. The van der Waals surface area contributed by atoms with E-state index in [0.29, 0.717) is 56.4 Å². The summed E-state index contributed by atoms with van der Waals surface area (Å²) in [6, 6.07) is 0. The molecule has 12 atom stereocenters. The molecule has 0 aromatic carbocycles. The van der Waals surface area contributed by atoms with Gasteiger partial charge in [0.2, 0.25) is 0 Å². The third-order valence-corrected chi connectivity index (χ3v) is 15.0. The van der Waals surface area contributed by atoms with Gasteiger partial charge in [-0.25, -0.2) is 4.79 Å². The number of ether oxygens (including phenoxy) is 3. The summed E-state index contributed by atoms with van der Waals surface area (Å²) in [5.41, 5.74) is 0.209.